The first-order valence-corrected chi connectivity index (χ1v) is 18.3. The molecule has 7 aromatic rings. The SMILES string of the molecule is Br.Cc1ccc(C)cc1.O=S(=O)([O-])c1c(S(=O)(=O)[O-])c2ccc3ccc(O)c4ccc(c1S(=O)(=O)[O-])c2c34.[Na+].[Na+].[Na+].c1ccncc1.c1ccncc1. The van der Waals surface area contributed by atoms with Gasteiger partial charge in [-0.05, 0) is 55.6 Å². The quantitative estimate of drug-likeness (QED) is 0.107. The molecule has 2 aromatic heterocycles. The Hall–Kier alpha value is -1.55. The van der Waals surface area contributed by atoms with Gasteiger partial charge in [-0.15, -0.1) is 17.0 Å². The van der Waals surface area contributed by atoms with E-state index in [1.54, 1.807) is 24.8 Å². The molecule has 2 heterocycles. The number of aromatic nitrogens is 2. The van der Waals surface area contributed by atoms with Gasteiger partial charge in [-0.1, -0.05) is 71.8 Å². The standard InChI is InChI=1S/C16H10O10S3.C8H10.2C5H5N.BrH.3Na/c17-11-6-2-7-1-3-9-13-10(5-4-8(11)12(7)13)15(28(21,22)23)16(29(24,25)26)14(9)27(18,19)20;1-7-3-5-8(2)6-4-7;2*1-2-4-6-5-3-1;;;;/h1-6,17H,(H,18,19,20)(H,21,22,23)(H,24,25,26);3-6H,1-2H3;2*1-5H;1H;;;/q;;;;;3*+1/p-3. The van der Waals surface area contributed by atoms with Gasteiger partial charge in [0.05, 0.1) is 14.7 Å². The van der Waals surface area contributed by atoms with Crippen LogP contribution in [0.5, 0.6) is 5.75 Å². The van der Waals surface area contributed by atoms with E-state index in [0.717, 1.165) is 12.1 Å². The predicted octanol–water partition coefficient (Wildman–Crippen LogP) is -2.94. The van der Waals surface area contributed by atoms with Gasteiger partial charge in [0.1, 0.15) is 36.1 Å². The molecule has 0 aliphatic heterocycles. The van der Waals surface area contributed by atoms with Gasteiger partial charge < -0.3 is 18.8 Å². The van der Waals surface area contributed by atoms with Crippen molar-refractivity contribution >= 4 is 79.7 Å². The van der Waals surface area contributed by atoms with Gasteiger partial charge in [0, 0.05) is 51.7 Å². The van der Waals surface area contributed by atoms with Crippen molar-refractivity contribution < 1.29 is 133 Å². The van der Waals surface area contributed by atoms with Crippen molar-refractivity contribution in [2.24, 2.45) is 0 Å². The number of benzene rings is 5. The number of hydrogen-bond acceptors (Lipinski definition) is 12. The number of hydrogen-bond donors (Lipinski definition) is 1. The third-order valence-corrected chi connectivity index (χ3v) is 9.91. The summed E-state index contributed by atoms with van der Waals surface area (Å²) in [6.07, 6.45) is 7.00. The number of pyridine rings is 2. The zero-order valence-electron chi connectivity index (χ0n) is 29.2. The molecule has 0 atom stereocenters. The molecular weight excluding hydrogens is 841 g/mol. The van der Waals surface area contributed by atoms with E-state index in [9.17, 15) is 44.0 Å². The van der Waals surface area contributed by atoms with Crippen molar-refractivity contribution in [3.8, 4) is 5.75 Å². The molecule has 0 spiro atoms. The summed E-state index contributed by atoms with van der Waals surface area (Å²) < 4.78 is 107. The van der Waals surface area contributed by atoms with Crippen LogP contribution in [0, 0.1) is 13.8 Å². The fourth-order valence-corrected chi connectivity index (χ4v) is 8.35. The topological polar surface area (TPSA) is 218 Å². The summed E-state index contributed by atoms with van der Waals surface area (Å²) >= 11 is 0. The molecule has 0 saturated carbocycles. The fourth-order valence-electron chi connectivity index (χ4n) is 4.84. The van der Waals surface area contributed by atoms with Crippen LogP contribution in [-0.2, 0) is 30.4 Å². The van der Waals surface area contributed by atoms with Gasteiger partial charge in [0.25, 0.3) is 0 Å². The monoisotopic (exact) mass is 868 g/mol. The molecular formula is C34H28BrN2Na3O10S3. The number of halogens is 1. The van der Waals surface area contributed by atoms with Crippen LogP contribution in [0.1, 0.15) is 11.1 Å². The molecule has 53 heavy (non-hydrogen) atoms. The Morgan fingerprint density at radius 1 is 0.472 bits per heavy atom. The molecule has 12 nitrogen and oxygen atoms in total. The number of aryl methyl sites for hydroxylation is 2. The molecule has 1 N–H and O–H groups in total. The summed E-state index contributed by atoms with van der Waals surface area (Å²) in [4.78, 5) is 2.43. The van der Waals surface area contributed by atoms with E-state index in [1.165, 1.54) is 35.4 Å². The number of nitrogens with zero attached hydrogens (tertiary/aromatic N) is 2. The maximum Gasteiger partial charge on any atom is 1.00 e. The molecule has 0 saturated heterocycles. The Bertz CT molecular complexity index is 2390. The van der Waals surface area contributed by atoms with E-state index in [-0.39, 0.29) is 128 Å². The minimum Gasteiger partial charge on any atom is -0.744 e. The van der Waals surface area contributed by atoms with Crippen LogP contribution < -0.4 is 88.7 Å². The Morgan fingerprint density at radius 2 is 0.811 bits per heavy atom. The fraction of sp³-hybridized carbons (Fsp3) is 0.0588. The second-order valence-corrected chi connectivity index (χ2v) is 14.3. The minimum absolute atomic E-state index is 0. The van der Waals surface area contributed by atoms with Crippen molar-refractivity contribution in [3.05, 3.63) is 133 Å². The van der Waals surface area contributed by atoms with Crippen LogP contribution in [0.3, 0.4) is 0 Å². The third kappa shape index (κ3) is 13.6. The van der Waals surface area contributed by atoms with Gasteiger partial charge >= 0.3 is 88.7 Å². The molecule has 0 bridgehead atoms. The van der Waals surface area contributed by atoms with E-state index in [1.807, 2.05) is 36.4 Å². The summed E-state index contributed by atoms with van der Waals surface area (Å²) in [5.74, 6) is -0.273. The van der Waals surface area contributed by atoms with E-state index < -0.39 is 55.8 Å². The minimum atomic E-state index is -5.89. The molecule has 0 unspecified atom stereocenters. The Kier molecular flexibility index (Phi) is 21.6. The van der Waals surface area contributed by atoms with Crippen molar-refractivity contribution in [3.63, 3.8) is 0 Å². The summed E-state index contributed by atoms with van der Waals surface area (Å²) in [6.45, 7) is 4.19. The molecule has 0 amide bonds. The zero-order chi connectivity index (χ0) is 36.0. The molecule has 19 heteroatoms. The van der Waals surface area contributed by atoms with Crippen LogP contribution in [-0.4, -0.2) is 54.0 Å². The van der Waals surface area contributed by atoms with E-state index in [0.29, 0.717) is 5.39 Å². The average molecular weight is 870 g/mol. The van der Waals surface area contributed by atoms with Crippen molar-refractivity contribution in [2.75, 3.05) is 0 Å². The molecule has 7 rings (SSSR count). The summed E-state index contributed by atoms with van der Waals surface area (Å²) in [6, 6.07) is 27.1. The van der Waals surface area contributed by atoms with Crippen molar-refractivity contribution in [1.29, 1.82) is 0 Å². The molecule has 0 aliphatic rings. The average Bonchev–Trinajstić information content (AvgIpc) is 3.06. The Labute approximate surface area is 384 Å². The molecule has 5 aromatic carbocycles. The largest absolute Gasteiger partial charge is 1.00 e. The van der Waals surface area contributed by atoms with Crippen molar-refractivity contribution in [1.82, 2.24) is 9.97 Å². The second-order valence-electron chi connectivity index (χ2n) is 10.4. The predicted molar refractivity (Wildman–Crippen MR) is 190 cm³/mol. The van der Waals surface area contributed by atoms with Crippen LogP contribution in [0.25, 0.3) is 32.3 Å². The van der Waals surface area contributed by atoms with Gasteiger partial charge in [-0.25, -0.2) is 25.3 Å². The molecule has 0 radical (unpaired) electrons. The van der Waals surface area contributed by atoms with Crippen LogP contribution in [0.2, 0.25) is 0 Å². The summed E-state index contributed by atoms with van der Waals surface area (Å²) in [5.41, 5.74) is 2.66. The number of rotatable bonds is 3. The summed E-state index contributed by atoms with van der Waals surface area (Å²) in [5, 5.41) is 9.30. The first kappa shape index (κ1) is 51.5. The third-order valence-electron chi connectivity index (χ3n) is 6.89. The molecule has 0 fully saturated rings. The van der Waals surface area contributed by atoms with Crippen LogP contribution in [0.15, 0.2) is 137 Å². The Balaban J connectivity index is 0.000000919. The maximum atomic E-state index is 11.9. The first-order valence-electron chi connectivity index (χ1n) is 14.1. The molecule has 0 aliphatic carbocycles. The van der Waals surface area contributed by atoms with Crippen LogP contribution in [0.4, 0.5) is 0 Å². The second kappa shape index (κ2) is 22.3. The van der Waals surface area contributed by atoms with Crippen molar-refractivity contribution in [2.45, 2.75) is 28.5 Å². The first-order chi connectivity index (χ1) is 23.0. The smallest absolute Gasteiger partial charge is 0.744 e. The van der Waals surface area contributed by atoms with Gasteiger partial charge in [0.2, 0.25) is 0 Å². The molecule has 262 valence electrons. The van der Waals surface area contributed by atoms with E-state index in [4.69, 9.17) is 0 Å². The zero-order valence-corrected chi connectivity index (χ0v) is 39.4. The van der Waals surface area contributed by atoms with E-state index >= 15 is 0 Å². The number of phenolic OH excluding ortho intramolecular Hbond substituents is 1. The van der Waals surface area contributed by atoms with E-state index in [2.05, 4.69) is 48.1 Å². The summed E-state index contributed by atoms with van der Waals surface area (Å²) in [7, 11) is -17.3. The van der Waals surface area contributed by atoms with Crippen LogP contribution >= 0.6 is 17.0 Å². The Morgan fingerprint density at radius 3 is 1.13 bits per heavy atom. The number of aromatic hydroxyl groups is 1. The number of phenols is 1. The van der Waals surface area contributed by atoms with Gasteiger partial charge in [0.15, 0.2) is 0 Å². The normalized spacial score (nSPS) is 10.7. The van der Waals surface area contributed by atoms with Gasteiger partial charge in [-0.3, -0.25) is 9.97 Å². The maximum absolute atomic E-state index is 11.9. The van der Waals surface area contributed by atoms with Gasteiger partial charge in [-0.2, -0.15) is 0 Å².